The molecule has 98 valence electrons. The first-order chi connectivity index (χ1) is 8.63. The summed E-state index contributed by atoms with van der Waals surface area (Å²) in [6.07, 6.45) is 1.81. The molecule has 0 amide bonds. The summed E-state index contributed by atoms with van der Waals surface area (Å²) in [7, 11) is 1.96. The minimum Gasteiger partial charge on any atom is -0.271 e. The Kier molecular flexibility index (Phi) is 4.55. The lowest BCUT2D eigenvalue weighted by atomic mass is 10.1. The van der Waals surface area contributed by atoms with E-state index in [-0.39, 0.29) is 6.04 Å². The van der Waals surface area contributed by atoms with E-state index in [4.69, 9.17) is 5.84 Å². The minimum absolute atomic E-state index is 0.0911. The summed E-state index contributed by atoms with van der Waals surface area (Å²) in [6, 6.07) is 6.39. The lowest BCUT2D eigenvalue weighted by Crippen LogP contribution is -2.30. The molecule has 2 aromatic heterocycles. The molecular formula is C12H17BrN4S. The maximum atomic E-state index is 5.68. The molecule has 18 heavy (non-hydrogen) atoms. The number of hydrazine groups is 1. The highest BCUT2D eigenvalue weighted by molar-refractivity contribution is 9.11. The average molecular weight is 329 g/mol. The number of nitrogens with two attached hydrogens (primary N) is 1. The van der Waals surface area contributed by atoms with Gasteiger partial charge in [-0.1, -0.05) is 6.92 Å². The largest absolute Gasteiger partial charge is 0.271 e. The van der Waals surface area contributed by atoms with Crippen molar-refractivity contribution in [3.05, 3.63) is 38.3 Å². The summed E-state index contributed by atoms with van der Waals surface area (Å²) in [5, 5.41) is 4.46. The van der Waals surface area contributed by atoms with Gasteiger partial charge in [0.2, 0.25) is 0 Å². The molecule has 0 radical (unpaired) electrons. The normalized spacial score (nSPS) is 12.9. The van der Waals surface area contributed by atoms with Gasteiger partial charge in [-0.25, -0.2) is 0 Å². The van der Waals surface area contributed by atoms with Crippen molar-refractivity contribution in [1.82, 2.24) is 15.2 Å². The molecule has 2 heterocycles. The number of halogens is 1. The first-order valence-corrected chi connectivity index (χ1v) is 7.48. The number of aromatic nitrogens is 2. The quantitative estimate of drug-likeness (QED) is 0.655. The third kappa shape index (κ3) is 3.00. The number of nitrogens with zero attached hydrogens (tertiary/aromatic N) is 2. The lowest BCUT2D eigenvalue weighted by molar-refractivity contribution is 0.511. The van der Waals surface area contributed by atoms with Gasteiger partial charge in [0.05, 0.1) is 21.2 Å². The van der Waals surface area contributed by atoms with Crippen LogP contribution < -0.4 is 11.3 Å². The molecule has 0 fully saturated rings. The number of hydrogen-bond donors (Lipinski definition) is 2. The average Bonchev–Trinajstić information content (AvgIpc) is 2.92. The Labute approximate surface area is 119 Å². The van der Waals surface area contributed by atoms with Gasteiger partial charge in [-0.2, -0.15) is 5.10 Å². The van der Waals surface area contributed by atoms with E-state index in [0.29, 0.717) is 0 Å². The maximum Gasteiger partial charge on any atom is 0.0701 e. The van der Waals surface area contributed by atoms with Gasteiger partial charge in [0.15, 0.2) is 0 Å². The van der Waals surface area contributed by atoms with Crippen LogP contribution in [0.1, 0.15) is 29.2 Å². The molecule has 0 bridgehead atoms. The van der Waals surface area contributed by atoms with Crippen molar-refractivity contribution in [3.8, 4) is 0 Å². The molecule has 0 aromatic carbocycles. The second-order valence-electron chi connectivity index (χ2n) is 4.17. The smallest absolute Gasteiger partial charge is 0.0701 e. The lowest BCUT2D eigenvalue weighted by Gasteiger charge is -2.15. The summed E-state index contributed by atoms with van der Waals surface area (Å²) in [5.74, 6) is 5.68. The van der Waals surface area contributed by atoms with Crippen LogP contribution in [0.3, 0.4) is 0 Å². The van der Waals surface area contributed by atoms with Gasteiger partial charge in [-0.3, -0.25) is 16.0 Å². The van der Waals surface area contributed by atoms with E-state index in [2.05, 4.69) is 51.6 Å². The summed E-state index contributed by atoms with van der Waals surface area (Å²) < 4.78 is 3.05. The Hall–Kier alpha value is -0.690. The van der Waals surface area contributed by atoms with Crippen molar-refractivity contribution in [1.29, 1.82) is 0 Å². The molecule has 2 rings (SSSR count). The number of hydrogen-bond acceptors (Lipinski definition) is 4. The van der Waals surface area contributed by atoms with Crippen LogP contribution >= 0.6 is 27.3 Å². The van der Waals surface area contributed by atoms with Gasteiger partial charge >= 0.3 is 0 Å². The molecule has 2 aromatic rings. The summed E-state index contributed by atoms with van der Waals surface area (Å²) in [5.41, 5.74) is 5.11. The number of thiophene rings is 1. The fourth-order valence-corrected chi connectivity index (χ4v) is 3.48. The van der Waals surface area contributed by atoms with Crippen molar-refractivity contribution in [2.45, 2.75) is 25.8 Å². The molecule has 0 aliphatic rings. The highest BCUT2D eigenvalue weighted by Gasteiger charge is 2.16. The Bertz CT molecular complexity index is 520. The van der Waals surface area contributed by atoms with E-state index in [1.807, 2.05) is 11.7 Å². The molecule has 1 atom stereocenters. The molecule has 0 saturated heterocycles. The third-order valence-electron chi connectivity index (χ3n) is 2.92. The van der Waals surface area contributed by atoms with Crippen LogP contribution in [0.25, 0.3) is 0 Å². The van der Waals surface area contributed by atoms with E-state index in [9.17, 15) is 0 Å². The zero-order valence-corrected chi connectivity index (χ0v) is 12.9. The van der Waals surface area contributed by atoms with Crippen LogP contribution in [0.5, 0.6) is 0 Å². The SMILES string of the molecule is CCc1cc(C(Cc2ccc(Br)s2)NN)n(C)n1. The topological polar surface area (TPSA) is 55.9 Å². The van der Waals surface area contributed by atoms with E-state index in [0.717, 1.165) is 28.0 Å². The van der Waals surface area contributed by atoms with Gasteiger partial charge in [-0.05, 0) is 40.5 Å². The monoisotopic (exact) mass is 328 g/mol. The molecule has 4 nitrogen and oxygen atoms in total. The van der Waals surface area contributed by atoms with E-state index in [1.165, 1.54) is 4.88 Å². The van der Waals surface area contributed by atoms with Crippen molar-refractivity contribution >= 4 is 27.3 Å². The van der Waals surface area contributed by atoms with E-state index < -0.39 is 0 Å². The van der Waals surface area contributed by atoms with Crippen LogP contribution in [0, 0.1) is 0 Å². The van der Waals surface area contributed by atoms with Gasteiger partial charge in [0.1, 0.15) is 0 Å². The van der Waals surface area contributed by atoms with Crippen LogP contribution in [-0.4, -0.2) is 9.78 Å². The third-order valence-corrected chi connectivity index (χ3v) is 4.57. The zero-order chi connectivity index (χ0) is 13.1. The second kappa shape index (κ2) is 5.97. The standard InChI is InChI=1S/C12H17BrN4S/c1-3-8-6-11(17(2)16-8)10(15-14)7-9-4-5-12(13)18-9/h4-6,10,15H,3,7,14H2,1-2H3. The van der Waals surface area contributed by atoms with E-state index in [1.54, 1.807) is 11.3 Å². The minimum atomic E-state index is 0.0911. The van der Waals surface area contributed by atoms with Crippen LogP contribution in [0.4, 0.5) is 0 Å². The molecule has 0 spiro atoms. The Morgan fingerprint density at radius 1 is 1.56 bits per heavy atom. The van der Waals surface area contributed by atoms with Crippen LogP contribution in [0.15, 0.2) is 22.0 Å². The van der Waals surface area contributed by atoms with Crippen molar-refractivity contribution in [3.63, 3.8) is 0 Å². The molecule has 3 N–H and O–H groups in total. The number of rotatable bonds is 5. The highest BCUT2D eigenvalue weighted by Crippen LogP contribution is 2.26. The van der Waals surface area contributed by atoms with Crippen molar-refractivity contribution < 1.29 is 0 Å². The Balaban J connectivity index is 2.19. The Morgan fingerprint density at radius 3 is 2.83 bits per heavy atom. The molecule has 0 aliphatic heterocycles. The van der Waals surface area contributed by atoms with Gasteiger partial charge < -0.3 is 0 Å². The molecule has 1 unspecified atom stereocenters. The summed E-state index contributed by atoms with van der Waals surface area (Å²) >= 11 is 5.22. The number of nitrogens with one attached hydrogen (secondary N) is 1. The van der Waals surface area contributed by atoms with Crippen LogP contribution in [-0.2, 0) is 19.9 Å². The fraction of sp³-hybridized carbons (Fsp3) is 0.417. The van der Waals surface area contributed by atoms with Crippen molar-refractivity contribution in [2.75, 3.05) is 0 Å². The van der Waals surface area contributed by atoms with Gasteiger partial charge in [-0.15, -0.1) is 11.3 Å². The molecule has 0 aliphatic carbocycles. The second-order valence-corrected chi connectivity index (χ2v) is 6.71. The predicted octanol–water partition coefficient (Wildman–Crippen LogP) is 2.55. The molecular weight excluding hydrogens is 312 g/mol. The van der Waals surface area contributed by atoms with Gasteiger partial charge in [0.25, 0.3) is 0 Å². The van der Waals surface area contributed by atoms with E-state index >= 15 is 0 Å². The van der Waals surface area contributed by atoms with Crippen LogP contribution in [0.2, 0.25) is 0 Å². The fourth-order valence-electron chi connectivity index (χ4n) is 1.95. The van der Waals surface area contributed by atoms with Crippen molar-refractivity contribution in [2.24, 2.45) is 12.9 Å². The molecule has 6 heteroatoms. The Morgan fingerprint density at radius 2 is 2.33 bits per heavy atom. The zero-order valence-electron chi connectivity index (χ0n) is 10.5. The number of aryl methyl sites for hydroxylation is 2. The predicted molar refractivity (Wildman–Crippen MR) is 78.4 cm³/mol. The molecule has 0 saturated carbocycles. The highest BCUT2D eigenvalue weighted by atomic mass is 79.9. The summed E-state index contributed by atoms with van der Waals surface area (Å²) in [6.45, 7) is 2.10. The first-order valence-electron chi connectivity index (χ1n) is 5.87. The van der Waals surface area contributed by atoms with Gasteiger partial charge in [0, 0.05) is 18.3 Å². The first kappa shape index (κ1) is 13.7. The maximum absolute atomic E-state index is 5.68. The summed E-state index contributed by atoms with van der Waals surface area (Å²) in [4.78, 5) is 1.30.